The molecule has 1 heterocycles. The number of thiazole rings is 1. The van der Waals surface area contributed by atoms with Crippen molar-refractivity contribution >= 4 is 44.8 Å². The largest absolute Gasteiger partial charge is 0.481 e. The van der Waals surface area contributed by atoms with E-state index in [0.29, 0.717) is 10.7 Å². The van der Waals surface area contributed by atoms with Gasteiger partial charge in [0.15, 0.2) is 0 Å². The Balaban J connectivity index is 2.33. The zero-order chi connectivity index (χ0) is 12.4. The lowest BCUT2D eigenvalue weighted by molar-refractivity contribution is -0.136. The third-order valence-electron chi connectivity index (χ3n) is 2.05. The molecular weight excluding hydrogens is 326 g/mol. The van der Waals surface area contributed by atoms with E-state index in [1.165, 1.54) is 11.3 Å². The molecule has 0 spiro atoms. The summed E-state index contributed by atoms with van der Waals surface area (Å²) in [6.07, 6.45) is -0.0648. The molecule has 2 aromatic rings. The van der Waals surface area contributed by atoms with Gasteiger partial charge in [-0.3, -0.25) is 4.79 Å². The average Bonchev–Trinajstić information content (AvgIpc) is 2.65. The second-order valence-electron chi connectivity index (χ2n) is 3.34. The normalized spacial score (nSPS) is 10.5. The molecule has 17 heavy (non-hydrogen) atoms. The van der Waals surface area contributed by atoms with E-state index in [9.17, 15) is 4.79 Å². The number of carboxylic acid groups (broad SMARTS) is 1. The lowest BCUT2D eigenvalue weighted by Gasteiger charge is -2.00. The van der Waals surface area contributed by atoms with Crippen LogP contribution in [-0.2, 0) is 11.2 Å². The van der Waals surface area contributed by atoms with Gasteiger partial charge in [0.05, 0.1) is 17.1 Å². The van der Waals surface area contributed by atoms with Crippen LogP contribution in [0.4, 0.5) is 0 Å². The number of benzene rings is 1. The highest BCUT2D eigenvalue weighted by molar-refractivity contribution is 9.10. The molecule has 0 amide bonds. The van der Waals surface area contributed by atoms with Gasteiger partial charge in [-0.2, -0.15) is 0 Å². The molecule has 0 radical (unpaired) electrons. The predicted molar refractivity (Wildman–Crippen MR) is 71.6 cm³/mol. The smallest absolute Gasteiger partial charge is 0.309 e. The molecule has 2 rings (SSSR count). The molecule has 0 saturated carbocycles. The Morgan fingerprint density at radius 1 is 1.53 bits per heavy atom. The molecule has 1 aromatic carbocycles. The molecule has 0 bridgehead atoms. The van der Waals surface area contributed by atoms with Gasteiger partial charge in [-0.1, -0.05) is 27.5 Å². The van der Waals surface area contributed by atoms with Crippen molar-refractivity contribution in [3.8, 4) is 10.6 Å². The maximum atomic E-state index is 10.6. The molecule has 0 fully saturated rings. The Bertz CT molecular complexity index is 570. The van der Waals surface area contributed by atoms with Crippen molar-refractivity contribution in [3.05, 3.63) is 38.8 Å². The Hall–Kier alpha value is -0.910. The van der Waals surface area contributed by atoms with Crippen molar-refractivity contribution in [2.75, 3.05) is 0 Å². The Labute approximate surface area is 115 Å². The van der Waals surface area contributed by atoms with E-state index in [1.54, 1.807) is 11.4 Å². The van der Waals surface area contributed by atoms with Crippen molar-refractivity contribution in [2.45, 2.75) is 6.42 Å². The number of hydrogen-bond acceptors (Lipinski definition) is 3. The monoisotopic (exact) mass is 331 g/mol. The number of halogens is 2. The van der Waals surface area contributed by atoms with Gasteiger partial charge in [0.1, 0.15) is 5.01 Å². The van der Waals surface area contributed by atoms with Crippen molar-refractivity contribution in [3.63, 3.8) is 0 Å². The van der Waals surface area contributed by atoms with Crippen LogP contribution >= 0.6 is 38.9 Å². The summed E-state index contributed by atoms with van der Waals surface area (Å²) in [4.78, 5) is 14.8. The fraction of sp³-hybridized carbons (Fsp3) is 0.0909. The average molecular weight is 333 g/mol. The van der Waals surface area contributed by atoms with Crippen LogP contribution in [-0.4, -0.2) is 16.1 Å². The van der Waals surface area contributed by atoms with E-state index in [0.717, 1.165) is 15.0 Å². The number of aliphatic carboxylic acids is 1. The molecule has 6 heteroatoms. The molecule has 0 aliphatic rings. The van der Waals surface area contributed by atoms with Gasteiger partial charge in [0.2, 0.25) is 0 Å². The lowest BCUT2D eigenvalue weighted by Crippen LogP contribution is -1.99. The number of carbonyl (C=O) groups is 1. The van der Waals surface area contributed by atoms with Gasteiger partial charge >= 0.3 is 5.97 Å². The molecule has 0 aliphatic carbocycles. The Morgan fingerprint density at radius 2 is 2.29 bits per heavy atom. The highest BCUT2D eigenvalue weighted by atomic mass is 79.9. The van der Waals surface area contributed by atoms with Gasteiger partial charge in [0.25, 0.3) is 0 Å². The standard InChI is InChI=1S/C11H7BrClNO2S/c12-6-1-2-8(9(13)3-6)11-14-7(5-17-11)4-10(15)16/h1-3,5H,4H2,(H,15,16). The summed E-state index contributed by atoms with van der Waals surface area (Å²) in [6, 6.07) is 5.52. The first-order valence-corrected chi connectivity index (χ1v) is 6.73. The maximum Gasteiger partial charge on any atom is 0.309 e. The highest BCUT2D eigenvalue weighted by Crippen LogP contribution is 2.32. The zero-order valence-corrected chi connectivity index (χ0v) is 11.6. The molecule has 1 aromatic heterocycles. The van der Waals surface area contributed by atoms with Crippen molar-refractivity contribution in [1.82, 2.24) is 4.98 Å². The number of nitrogens with zero attached hydrogens (tertiary/aromatic N) is 1. The SMILES string of the molecule is O=C(O)Cc1csc(-c2ccc(Br)cc2Cl)n1. The minimum atomic E-state index is -0.885. The molecule has 3 nitrogen and oxygen atoms in total. The fourth-order valence-corrected chi connectivity index (χ4v) is 3.01. The summed E-state index contributed by atoms with van der Waals surface area (Å²) in [5, 5.41) is 11.7. The van der Waals surface area contributed by atoms with E-state index in [-0.39, 0.29) is 6.42 Å². The van der Waals surface area contributed by atoms with Crippen LogP contribution in [0.25, 0.3) is 10.6 Å². The first-order valence-electron chi connectivity index (χ1n) is 4.68. The topological polar surface area (TPSA) is 50.2 Å². The van der Waals surface area contributed by atoms with Gasteiger partial charge in [-0.15, -0.1) is 11.3 Å². The van der Waals surface area contributed by atoms with Crippen LogP contribution in [0.5, 0.6) is 0 Å². The minimum absolute atomic E-state index is 0.0648. The van der Waals surface area contributed by atoms with Gasteiger partial charge in [0, 0.05) is 15.4 Å². The summed E-state index contributed by atoms with van der Waals surface area (Å²) in [6.45, 7) is 0. The quantitative estimate of drug-likeness (QED) is 0.928. The van der Waals surface area contributed by atoms with E-state index in [1.807, 2.05) is 12.1 Å². The molecule has 88 valence electrons. The number of aromatic nitrogens is 1. The van der Waals surface area contributed by atoms with E-state index >= 15 is 0 Å². The first kappa shape index (κ1) is 12.5. The third-order valence-corrected chi connectivity index (χ3v) is 3.78. The summed E-state index contributed by atoms with van der Waals surface area (Å²) in [5.41, 5.74) is 1.37. The third kappa shape index (κ3) is 3.06. The first-order chi connectivity index (χ1) is 8.06. The van der Waals surface area contributed by atoms with Crippen LogP contribution < -0.4 is 0 Å². The van der Waals surface area contributed by atoms with Crippen LogP contribution in [0.3, 0.4) is 0 Å². The minimum Gasteiger partial charge on any atom is -0.481 e. The predicted octanol–water partition coefficient (Wildman–Crippen LogP) is 3.85. The molecule has 1 N–H and O–H groups in total. The van der Waals surface area contributed by atoms with Gasteiger partial charge in [-0.05, 0) is 18.2 Å². The van der Waals surface area contributed by atoms with Gasteiger partial charge < -0.3 is 5.11 Å². The summed E-state index contributed by atoms with van der Waals surface area (Å²) in [7, 11) is 0. The van der Waals surface area contributed by atoms with Crippen molar-refractivity contribution in [2.24, 2.45) is 0 Å². The van der Waals surface area contributed by atoms with Crippen LogP contribution in [0.1, 0.15) is 5.69 Å². The summed E-state index contributed by atoms with van der Waals surface area (Å²) < 4.78 is 0.897. The second-order valence-corrected chi connectivity index (χ2v) is 5.52. The highest BCUT2D eigenvalue weighted by Gasteiger charge is 2.10. The maximum absolute atomic E-state index is 10.6. The summed E-state index contributed by atoms with van der Waals surface area (Å²) in [5.74, 6) is -0.885. The van der Waals surface area contributed by atoms with Crippen LogP contribution in [0, 0.1) is 0 Å². The zero-order valence-electron chi connectivity index (χ0n) is 8.48. The Kier molecular flexibility index (Phi) is 3.81. The molecule has 0 unspecified atom stereocenters. The van der Waals surface area contributed by atoms with Crippen molar-refractivity contribution in [1.29, 1.82) is 0 Å². The summed E-state index contributed by atoms with van der Waals surface area (Å²) >= 11 is 10.8. The van der Waals surface area contributed by atoms with Crippen LogP contribution in [0.15, 0.2) is 28.1 Å². The number of carboxylic acids is 1. The Morgan fingerprint density at radius 3 is 2.94 bits per heavy atom. The molecular formula is C11H7BrClNO2S. The lowest BCUT2D eigenvalue weighted by atomic mass is 10.2. The van der Waals surface area contributed by atoms with E-state index < -0.39 is 5.97 Å². The number of hydrogen-bond donors (Lipinski definition) is 1. The van der Waals surface area contributed by atoms with E-state index in [4.69, 9.17) is 16.7 Å². The fourth-order valence-electron chi connectivity index (χ4n) is 1.33. The second kappa shape index (κ2) is 5.16. The van der Waals surface area contributed by atoms with Crippen LogP contribution in [0.2, 0.25) is 5.02 Å². The number of rotatable bonds is 3. The molecule has 0 saturated heterocycles. The van der Waals surface area contributed by atoms with E-state index in [2.05, 4.69) is 20.9 Å². The molecule has 0 atom stereocenters. The van der Waals surface area contributed by atoms with Crippen molar-refractivity contribution < 1.29 is 9.90 Å². The molecule has 0 aliphatic heterocycles. The van der Waals surface area contributed by atoms with Gasteiger partial charge in [-0.25, -0.2) is 4.98 Å².